The number of amides is 2. The number of nitrogens with zero attached hydrogens (tertiary/aromatic N) is 2. The highest BCUT2D eigenvalue weighted by molar-refractivity contribution is 8.00. The number of carbonyl (C=O) groups excluding carboxylic acids is 1. The predicted molar refractivity (Wildman–Crippen MR) is 96.0 cm³/mol. The summed E-state index contributed by atoms with van der Waals surface area (Å²) in [5.41, 5.74) is 0. The molecule has 0 aromatic rings. The minimum Gasteiger partial charge on any atom is -0.335 e. The van der Waals surface area contributed by atoms with Gasteiger partial charge in [-0.1, -0.05) is 19.3 Å². The summed E-state index contributed by atoms with van der Waals surface area (Å²) < 4.78 is 0.378. The lowest BCUT2D eigenvalue weighted by molar-refractivity contribution is 0.150. The van der Waals surface area contributed by atoms with Crippen LogP contribution in [0.15, 0.2) is 0 Å². The maximum atomic E-state index is 12.8. The van der Waals surface area contributed by atoms with E-state index in [0.29, 0.717) is 10.8 Å². The number of carbonyl (C=O) groups is 1. The first-order valence-corrected chi connectivity index (χ1v) is 10.7. The molecule has 3 aliphatic heterocycles. The summed E-state index contributed by atoms with van der Waals surface area (Å²) in [4.78, 5) is 17.5. The topological polar surface area (TPSA) is 35.6 Å². The van der Waals surface area contributed by atoms with Gasteiger partial charge in [0.25, 0.3) is 0 Å². The number of hydrogen-bond donors (Lipinski definition) is 1. The van der Waals surface area contributed by atoms with Crippen LogP contribution < -0.4 is 5.32 Å². The average Bonchev–Trinajstić information content (AvgIpc) is 3.03. The van der Waals surface area contributed by atoms with Crippen molar-refractivity contribution in [3.05, 3.63) is 0 Å². The Bertz CT molecular complexity index is 432. The van der Waals surface area contributed by atoms with Gasteiger partial charge in [-0.15, -0.1) is 0 Å². The summed E-state index contributed by atoms with van der Waals surface area (Å²) in [7, 11) is 0. The van der Waals surface area contributed by atoms with E-state index in [9.17, 15) is 4.79 Å². The third-order valence-corrected chi connectivity index (χ3v) is 7.98. The lowest BCUT2D eigenvalue weighted by Crippen LogP contribution is -2.56. The summed E-state index contributed by atoms with van der Waals surface area (Å²) in [5, 5.41) is 3.37. The fourth-order valence-corrected chi connectivity index (χ4v) is 6.71. The highest BCUT2D eigenvalue weighted by Gasteiger charge is 2.39. The van der Waals surface area contributed by atoms with Crippen molar-refractivity contribution in [1.82, 2.24) is 15.1 Å². The molecule has 0 unspecified atom stereocenters. The summed E-state index contributed by atoms with van der Waals surface area (Å²) in [6.45, 7) is 4.36. The molecule has 23 heavy (non-hydrogen) atoms. The zero-order valence-electron chi connectivity index (χ0n) is 14.3. The predicted octanol–water partition coefficient (Wildman–Crippen LogP) is 3.07. The average molecular weight is 338 g/mol. The fourth-order valence-electron chi connectivity index (χ4n) is 5.14. The Kier molecular flexibility index (Phi) is 4.77. The van der Waals surface area contributed by atoms with Gasteiger partial charge < -0.3 is 15.1 Å². The Balaban J connectivity index is 1.31. The van der Waals surface area contributed by atoms with Gasteiger partial charge in [0.05, 0.1) is 0 Å². The standard InChI is InChI=1S/C18H31N3OS/c22-17(19-15-6-10-20-9-4-5-16(20)13-15)21-11-12-23-18(14-21)7-2-1-3-8-18/h15-16H,1-14H2,(H,19,22)/t15-,16-/m0/s1. The van der Waals surface area contributed by atoms with Crippen LogP contribution in [0.5, 0.6) is 0 Å². The first-order valence-electron chi connectivity index (χ1n) is 9.68. The van der Waals surface area contributed by atoms with Crippen molar-refractivity contribution in [2.45, 2.75) is 74.6 Å². The molecule has 4 nitrogen and oxygen atoms in total. The van der Waals surface area contributed by atoms with Crippen molar-refractivity contribution in [2.24, 2.45) is 0 Å². The molecule has 5 heteroatoms. The van der Waals surface area contributed by atoms with Crippen LogP contribution in [0.4, 0.5) is 4.79 Å². The number of hydrogen-bond acceptors (Lipinski definition) is 3. The van der Waals surface area contributed by atoms with Crippen LogP contribution in [0.1, 0.15) is 57.8 Å². The molecule has 3 saturated heterocycles. The minimum atomic E-state index is 0.215. The first kappa shape index (κ1) is 16.1. The van der Waals surface area contributed by atoms with Gasteiger partial charge >= 0.3 is 6.03 Å². The van der Waals surface area contributed by atoms with Gasteiger partial charge in [-0.3, -0.25) is 0 Å². The summed E-state index contributed by atoms with van der Waals surface area (Å²) in [5.74, 6) is 1.12. The highest BCUT2D eigenvalue weighted by atomic mass is 32.2. The molecule has 1 aliphatic carbocycles. The molecular formula is C18H31N3OS. The molecule has 4 fully saturated rings. The molecule has 0 bridgehead atoms. The van der Waals surface area contributed by atoms with Crippen LogP contribution in [-0.4, -0.2) is 64.6 Å². The summed E-state index contributed by atoms with van der Waals surface area (Å²) >= 11 is 2.14. The van der Waals surface area contributed by atoms with Gasteiger partial charge in [-0.25, -0.2) is 4.79 Å². The lowest BCUT2D eigenvalue weighted by Gasteiger charge is -2.45. The second kappa shape index (κ2) is 6.83. The van der Waals surface area contributed by atoms with E-state index in [-0.39, 0.29) is 6.03 Å². The van der Waals surface area contributed by atoms with Crippen molar-refractivity contribution in [3.8, 4) is 0 Å². The van der Waals surface area contributed by atoms with Crippen LogP contribution >= 0.6 is 11.8 Å². The van der Waals surface area contributed by atoms with Crippen molar-refractivity contribution in [3.63, 3.8) is 0 Å². The maximum absolute atomic E-state index is 12.8. The highest BCUT2D eigenvalue weighted by Crippen LogP contribution is 2.42. The molecule has 1 spiro atoms. The van der Waals surface area contributed by atoms with Crippen LogP contribution in [0, 0.1) is 0 Å². The first-order chi connectivity index (χ1) is 11.2. The van der Waals surface area contributed by atoms with Gasteiger partial charge in [0.15, 0.2) is 0 Å². The molecule has 2 atom stereocenters. The monoisotopic (exact) mass is 337 g/mol. The van der Waals surface area contributed by atoms with E-state index in [0.717, 1.165) is 31.3 Å². The molecule has 0 aromatic carbocycles. The van der Waals surface area contributed by atoms with E-state index in [1.54, 1.807) is 0 Å². The Morgan fingerprint density at radius 3 is 2.78 bits per heavy atom. The van der Waals surface area contributed by atoms with E-state index in [1.807, 2.05) is 0 Å². The van der Waals surface area contributed by atoms with Crippen molar-refractivity contribution < 1.29 is 4.79 Å². The zero-order chi connectivity index (χ0) is 15.7. The van der Waals surface area contributed by atoms with Gasteiger partial charge in [0.1, 0.15) is 0 Å². The fraction of sp³-hybridized carbons (Fsp3) is 0.944. The molecule has 4 rings (SSSR count). The molecule has 0 aromatic heterocycles. The maximum Gasteiger partial charge on any atom is 0.317 e. The van der Waals surface area contributed by atoms with Crippen molar-refractivity contribution >= 4 is 17.8 Å². The van der Waals surface area contributed by atoms with E-state index >= 15 is 0 Å². The normalized spacial score (nSPS) is 34.3. The van der Waals surface area contributed by atoms with E-state index in [2.05, 4.69) is 26.9 Å². The zero-order valence-corrected chi connectivity index (χ0v) is 15.1. The third kappa shape index (κ3) is 3.51. The molecule has 4 aliphatic rings. The van der Waals surface area contributed by atoms with Crippen molar-refractivity contribution in [2.75, 3.05) is 31.9 Å². The van der Waals surface area contributed by atoms with Gasteiger partial charge in [-0.05, 0) is 45.1 Å². The molecule has 0 radical (unpaired) electrons. The molecule has 1 N–H and O–H groups in total. The Morgan fingerprint density at radius 1 is 1.04 bits per heavy atom. The Morgan fingerprint density at radius 2 is 1.91 bits per heavy atom. The van der Waals surface area contributed by atoms with E-state index < -0.39 is 0 Å². The van der Waals surface area contributed by atoms with Crippen LogP contribution in [0.2, 0.25) is 0 Å². The molecule has 3 heterocycles. The largest absolute Gasteiger partial charge is 0.335 e. The molecule has 2 amide bonds. The van der Waals surface area contributed by atoms with E-state index in [4.69, 9.17) is 0 Å². The number of piperidine rings is 1. The number of urea groups is 1. The van der Waals surface area contributed by atoms with Crippen LogP contribution in [-0.2, 0) is 0 Å². The number of rotatable bonds is 1. The number of thioether (sulfide) groups is 1. The molecular weight excluding hydrogens is 306 g/mol. The molecule has 1 saturated carbocycles. The summed E-state index contributed by atoms with van der Waals surface area (Å²) in [6.07, 6.45) is 11.7. The minimum absolute atomic E-state index is 0.215. The van der Waals surface area contributed by atoms with Gasteiger partial charge in [0.2, 0.25) is 0 Å². The Hall–Kier alpha value is -0.420. The Labute approximate surface area is 144 Å². The smallest absolute Gasteiger partial charge is 0.317 e. The third-order valence-electron chi connectivity index (χ3n) is 6.45. The van der Waals surface area contributed by atoms with Gasteiger partial charge in [-0.2, -0.15) is 11.8 Å². The van der Waals surface area contributed by atoms with Crippen molar-refractivity contribution in [1.29, 1.82) is 0 Å². The van der Waals surface area contributed by atoms with Gasteiger partial charge in [0, 0.05) is 42.2 Å². The quantitative estimate of drug-likeness (QED) is 0.799. The van der Waals surface area contributed by atoms with Crippen LogP contribution in [0.3, 0.4) is 0 Å². The van der Waals surface area contributed by atoms with E-state index in [1.165, 1.54) is 64.5 Å². The molecule has 130 valence electrons. The summed E-state index contributed by atoms with van der Waals surface area (Å²) in [6, 6.07) is 1.35. The number of nitrogens with one attached hydrogen (secondary N) is 1. The lowest BCUT2D eigenvalue weighted by atomic mass is 9.87. The second-order valence-electron chi connectivity index (χ2n) is 8.02. The number of fused-ring (bicyclic) bond motifs is 1. The second-order valence-corrected chi connectivity index (χ2v) is 9.58. The SMILES string of the molecule is O=C(N[C@H]1CCN2CCC[C@H]2C1)N1CCSC2(CCCCC2)C1. The van der Waals surface area contributed by atoms with Crippen LogP contribution in [0.25, 0.3) is 0 Å².